The maximum atomic E-state index is 12.0. The summed E-state index contributed by atoms with van der Waals surface area (Å²) in [5, 5.41) is 9.62. The first kappa shape index (κ1) is 13.8. The van der Waals surface area contributed by atoms with Crippen LogP contribution in [0.1, 0.15) is 31.4 Å². The molecule has 0 aliphatic rings. The van der Waals surface area contributed by atoms with Gasteiger partial charge in [0.2, 0.25) is 0 Å². The molecule has 0 aliphatic heterocycles. The van der Waals surface area contributed by atoms with Gasteiger partial charge in [-0.2, -0.15) is 13.2 Å². The average Bonchev–Trinajstić information content (AvgIpc) is 2.26. The number of benzene rings is 1. The van der Waals surface area contributed by atoms with Gasteiger partial charge in [0.05, 0.1) is 12.7 Å². The summed E-state index contributed by atoms with van der Waals surface area (Å²) in [6.07, 6.45) is -6.68. The Morgan fingerprint density at radius 3 is 2.65 bits per heavy atom. The Morgan fingerprint density at radius 2 is 2.06 bits per heavy atom. The van der Waals surface area contributed by atoms with E-state index >= 15 is 0 Å². The van der Waals surface area contributed by atoms with E-state index in [4.69, 9.17) is 4.74 Å². The van der Waals surface area contributed by atoms with Crippen LogP contribution in [0.15, 0.2) is 24.3 Å². The number of aliphatic hydroxyl groups is 1. The van der Waals surface area contributed by atoms with Gasteiger partial charge >= 0.3 is 6.18 Å². The molecule has 0 fully saturated rings. The maximum absolute atomic E-state index is 12.0. The highest BCUT2D eigenvalue weighted by Crippen LogP contribution is 2.28. The molecule has 0 bridgehead atoms. The third-order valence-corrected chi connectivity index (χ3v) is 2.26. The molecular weight excluding hydrogens is 233 g/mol. The molecule has 5 heteroatoms. The molecule has 17 heavy (non-hydrogen) atoms. The van der Waals surface area contributed by atoms with Gasteiger partial charge in [-0.25, -0.2) is 0 Å². The van der Waals surface area contributed by atoms with Crippen LogP contribution in [-0.2, 0) is 0 Å². The zero-order valence-corrected chi connectivity index (χ0v) is 9.50. The van der Waals surface area contributed by atoms with Gasteiger partial charge in [0.15, 0.2) is 0 Å². The van der Waals surface area contributed by atoms with Gasteiger partial charge in [-0.3, -0.25) is 0 Å². The molecule has 2 nitrogen and oxygen atoms in total. The van der Waals surface area contributed by atoms with Crippen LogP contribution < -0.4 is 4.74 Å². The SMILES string of the molecule is CCOc1cccc(C(O)CCC(F)(F)F)c1. The average molecular weight is 248 g/mol. The Labute approximate surface area is 98.0 Å². The van der Waals surface area contributed by atoms with Crippen LogP contribution in [0.3, 0.4) is 0 Å². The molecule has 1 unspecified atom stereocenters. The van der Waals surface area contributed by atoms with Crippen molar-refractivity contribution in [3.8, 4) is 5.75 Å². The summed E-state index contributed by atoms with van der Waals surface area (Å²) in [5.74, 6) is 0.552. The van der Waals surface area contributed by atoms with Crippen LogP contribution in [0.5, 0.6) is 5.75 Å². The van der Waals surface area contributed by atoms with Crippen LogP contribution >= 0.6 is 0 Å². The van der Waals surface area contributed by atoms with E-state index in [9.17, 15) is 18.3 Å². The fraction of sp³-hybridized carbons (Fsp3) is 0.500. The van der Waals surface area contributed by atoms with Gasteiger partial charge in [0.25, 0.3) is 0 Å². The Hall–Kier alpha value is -1.23. The standard InChI is InChI=1S/C12H15F3O2/c1-2-17-10-5-3-4-9(8-10)11(16)6-7-12(13,14)15/h3-5,8,11,16H,2,6-7H2,1H3. The molecule has 1 aromatic carbocycles. The summed E-state index contributed by atoms with van der Waals surface area (Å²) < 4.78 is 41.2. The molecule has 0 amide bonds. The Morgan fingerprint density at radius 1 is 1.35 bits per heavy atom. The topological polar surface area (TPSA) is 29.5 Å². The van der Waals surface area contributed by atoms with Crippen LogP contribution in [0.2, 0.25) is 0 Å². The monoisotopic (exact) mass is 248 g/mol. The lowest BCUT2D eigenvalue weighted by molar-refractivity contribution is -0.140. The van der Waals surface area contributed by atoms with Crippen LogP contribution in [0, 0.1) is 0 Å². The molecule has 96 valence electrons. The van der Waals surface area contributed by atoms with Gasteiger partial charge < -0.3 is 9.84 Å². The van der Waals surface area contributed by atoms with Gasteiger partial charge in [0.1, 0.15) is 5.75 Å². The number of hydrogen-bond donors (Lipinski definition) is 1. The molecule has 0 spiro atoms. The van der Waals surface area contributed by atoms with E-state index in [1.165, 1.54) is 0 Å². The predicted octanol–water partition coefficient (Wildman–Crippen LogP) is 3.46. The third-order valence-electron chi connectivity index (χ3n) is 2.26. The van der Waals surface area contributed by atoms with E-state index in [0.29, 0.717) is 17.9 Å². The van der Waals surface area contributed by atoms with Crippen molar-refractivity contribution in [3.63, 3.8) is 0 Å². The van der Waals surface area contributed by atoms with Gasteiger partial charge in [0, 0.05) is 6.42 Å². The molecule has 0 radical (unpaired) electrons. The maximum Gasteiger partial charge on any atom is 0.389 e. The second-order valence-electron chi connectivity index (χ2n) is 3.68. The minimum atomic E-state index is -4.24. The number of alkyl halides is 3. The summed E-state index contributed by atoms with van der Waals surface area (Å²) in [6, 6.07) is 6.49. The molecule has 1 rings (SSSR count). The largest absolute Gasteiger partial charge is 0.494 e. The number of halogens is 3. The van der Waals surface area contributed by atoms with E-state index in [-0.39, 0.29) is 6.42 Å². The Kier molecular flexibility index (Phi) is 4.81. The fourth-order valence-corrected chi connectivity index (χ4v) is 1.45. The molecule has 0 aromatic heterocycles. The molecule has 1 N–H and O–H groups in total. The fourth-order valence-electron chi connectivity index (χ4n) is 1.45. The minimum absolute atomic E-state index is 0.334. The first-order valence-corrected chi connectivity index (χ1v) is 5.40. The molecule has 0 aliphatic carbocycles. The smallest absolute Gasteiger partial charge is 0.389 e. The van der Waals surface area contributed by atoms with E-state index in [1.54, 1.807) is 24.3 Å². The Balaban J connectivity index is 2.62. The number of hydrogen-bond acceptors (Lipinski definition) is 2. The van der Waals surface area contributed by atoms with Crippen molar-refractivity contribution in [3.05, 3.63) is 29.8 Å². The highest BCUT2D eigenvalue weighted by atomic mass is 19.4. The van der Waals surface area contributed by atoms with Gasteiger partial charge in [-0.15, -0.1) is 0 Å². The number of aliphatic hydroxyl groups excluding tert-OH is 1. The molecule has 1 atom stereocenters. The van der Waals surface area contributed by atoms with Crippen LogP contribution in [-0.4, -0.2) is 17.9 Å². The molecule has 0 saturated carbocycles. The molecule has 1 aromatic rings. The van der Waals surface area contributed by atoms with Crippen molar-refractivity contribution in [2.75, 3.05) is 6.61 Å². The van der Waals surface area contributed by atoms with Crippen molar-refractivity contribution in [1.82, 2.24) is 0 Å². The molecule has 0 heterocycles. The van der Waals surface area contributed by atoms with Crippen molar-refractivity contribution in [2.24, 2.45) is 0 Å². The van der Waals surface area contributed by atoms with E-state index in [0.717, 1.165) is 0 Å². The summed E-state index contributed by atoms with van der Waals surface area (Å²) in [4.78, 5) is 0. The van der Waals surface area contributed by atoms with Gasteiger partial charge in [-0.05, 0) is 31.0 Å². The second kappa shape index (κ2) is 5.91. The molecular formula is C12H15F3O2. The highest BCUT2D eigenvalue weighted by molar-refractivity contribution is 5.29. The quantitative estimate of drug-likeness (QED) is 0.864. The first-order chi connectivity index (χ1) is 7.92. The molecule has 0 saturated heterocycles. The van der Waals surface area contributed by atoms with Crippen LogP contribution in [0.4, 0.5) is 13.2 Å². The van der Waals surface area contributed by atoms with E-state index in [2.05, 4.69) is 0 Å². The lowest BCUT2D eigenvalue weighted by atomic mass is 10.0. The zero-order valence-electron chi connectivity index (χ0n) is 9.50. The van der Waals surface area contributed by atoms with Crippen molar-refractivity contribution >= 4 is 0 Å². The predicted molar refractivity (Wildman–Crippen MR) is 57.9 cm³/mol. The highest BCUT2D eigenvalue weighted by Gasteiger charge is 2.28. The van der Waals surface area contributed by atoms with E-state index < -0.39 is 18.7 Å². The lowest BCUT2D eigenvalue weighted by Crippen LogP contribution is -2.10. The van der Waals surface area contributed by atoms with Crippen molar-refractivity contribution < 1.29 is 23.0 Å². The third kappa shape index (κ3) is 5.08. The summed E-state index contributed by atoms with van der Waals surface area (Å²) in [7, 11) is 0. The first-order valence-electron chi connectivity index (χ1n) is 5.40. The van der Waals surface area contributed by atoms with Gasteiger partial charge in [-0.1, -0.05) is 12.1 Å². The summed E-state index contributed by atoms with van der Waals surface area (Å²) >= 11 is 0. The minimum Gasteiger partial charge on any atom is -0.494 e. The van der Waals surface area contributed by atoms with Crippen LogP contribution in [0.25, 0.3) is 0 Å². The second-order valence-corrected chi connectivity index (χ2v) is 3.68. The number of rotatable bonds is 5. The zero-order chi connectivity index (χ0) is 12.9. The Bertz CT molecular complexity index is 350. The normalized spacial score (nSPS) is 13.5. The lowest BCUT2D eigenvalue weighted by Gasteiger charge is -2.13. The number of ether oxygens (including phenoxy) is 1. The van der Waals surface area contributed by atoms with Crippen molar-refractivity contribution in [1.29, 1.82) is 0 Å². The summed E-state index contributed by atoms with van der Waals surface area (Å²) in [6.45, 7) is 2.29. The van der Waals surface area contributed by atoms with Crippen molar-refractivity contribution in [2.45, 2.75) is 32.0 Å². The summed E-state index contributed by atoms with van der Waals surface area (Å²) in [5.41, 5.74) is 0.445. The van der Waals surface area contributed by atoms with E-state index in [1.807, 2.05) is 6.92 Å².